The van der Waals surface area contributed by atoms with E-state index in [0.29, 0.717) is 52.0 Å². The number of carbonyl (C=O) groups excluding carboxylic acids is 2. The maximum absolute atomic E-state index is 13.8. The number of amides is 2. The van der Waals surface area contributed by atoms with Crippen molar-refractivity contribution in [3.05, 3.63) is 62.5 Å². The number of rotatable bonds is 4. The van der Waals surface area contributed by atoms with Gasteiger partial charge in [0.05, 0.1) is 28.3 Å². The van der Waals surface area contributed by atoms with E-state index in [1.54, 1.807) is 28.0 Å². The Morgan fingerprint density at radius 2 is 1.92 bits per heavy atom. The van der Waals surface area contributed by atoms with E-state index >= 15 is 0 Å². The van der Waals surface area contributed by atoms with E-state index in [4.69, 9.17) is 32.7 Å². The van der Waals surface area contributed by atoms with Gasteiger partial charge in [-0.2, -0.15) is 5.10 Å². The minimum absolute atomic E-state index is 0.0360. The van der Waals surface area contributed by atoms with E-state index in [1.165, 1.54) is 0 Å². The van der Waals surface area contributed by atoms with Gasteiger partial charge in [0.25, 0.3) is 11.8 Å². The van der Waals surface area contributed by atoms with Gasteiger partial charge in [-0.15, -0.1) is 10.2 Å². The van der Waals surface area contributed by atoms with Gasteiger partial charge in [0, 0.05) is 36.1 Å². The predicted octanol–water partition coefficient (Wildman–Crippen LogP) is 4.82. The van der Waals surface area contributed by atoms with E-state index in [1.807, 2.05) is 25.5 Å². The lowest BCUT2D eigenvalue weighted by Gasteiger charge is -2.36. The quantitative estimate of drug-likeness (QED) is 0.481. The number of fused-ring (bicyclic) bond motifs is 3. The molecule has 0 saturated heterocycles. The molecule has 1 aliphatic carbocycles. The molecule has 11 heteroatoms. The summed E-state index contributed by atoms with van der Waals surface area (Å²) in [6.45, 7) is 6.71. The van der Waals surface area contributed by atoms with E-state index in [2.05, 4.69) is 10.2 Å². The molecule has 2 aromatic heterocycles. The van der Waals surface area contributed by atoms with Crippen molar-refractivity contribution in [1.82, 2.24) is 29.8 Å². The summed E-state index contributed by atoms with van der Waals surface area (Å²) >= 11 is 12.2. The van der Waals surface area contributed by atoms with Crippen LogP contribution in [0.25, 0.3) is 0 Å². The lowest BCUT2D eigenvalue weighted by Crippen LogP contribution is -2.45. The maximum Gasteiger partial charge on any atom is 0.273 e. The summed E-state index contributed by atoms with van der Waals surface area (Å²) in [5.41, 5.74) is 2.63. The molecule has 0 bridgehead atoms. The fraction of sp³-hybridized carbons (Fsp3) is 0.480. The molecule has 1 aromatic carbocycles. The number of hydrogen-bond donors (Lipinski definition) is 0. The van der Waals surface area contributed by atoms with Crippen LogP contribution in [-0.4, -0.2) is 54.2 Å². The molecular formula is C25H26Cl2N6O3. The molecule has 0 unspecified atom stereocenters. The van der Waals surface area contributed by atoms with Crippen LogP contribution in [0, 0.1) is 0 Å². The van der Waals surface area contributed by atoms with Crippen molar-refractivity contribution in [3.63, 3.8) is 0 Å². The molecule has 0 spiro atoms. The fourth-order valence-corrected chi connectivity index (χ4v) is 5.43. The lowest BCUT2D eigenvalue weighted by atomic mass is 9.97. The fourth-order valence-electron chi connectivity index (χ4n) is 5.13. The second kappa shape index (κ2) is 8.59. The van der Waals surface area contributed by atoms with Crippen molar-refractivity contribution in [1.29, 1.82) is 0 Å². The Morgan fingerprint density at radius 1 is 1.14 bits per heavy atom. The molecule has 9 nitrogen and oxygen atoms in total. The van der Waals surface area contributed by atoms with Gasteiger partial charge in [0.2, 0.25) is 11.8 Å². The highest BCUT2D eigenvalue weighted by Gasteiger charge is 2.42. The summed E-state index contributed by atoms with van der Waals surface area (Å²) in [5.74, 6) is 1.15. The Labute approximate surface area is 218 Å². The van der Waals surface area contributed by atoms with Crippen molar-refractivity contribution >= 4 is 35.0 Å². The minimum Gasteiger partial charge on any atom is -0.423 e. The average Bonchev–Trinajstić information content (AvgIpc) is 3.46. The van der Waals surface area contributed by atoms with E-state index < -0.39 is 0 Å². The molecular weight excluding hydrogens is 503 g/mol. The molecule has 6 rings (SSSR count). The average molecular weight is 529 g/mol. The normalized spacial score (nSPS) is 22.4. The molecule has 188 valence electrons. The zero-order valence-corrected chi connectivity index (χ0v) is 21.8. The zero-order valence-electron chi connectivity index (χ0n) is 20.2. The first-order valence-corrected chi connectivity index (χ1v) is 13.0. The maximum atomic E-state index is 13.8. The van der Waals surface area contributed by atoms with Crippen LogP contribution in [0.1, 0.15) is 95.5 Å². The Morgan fingerprint density at radius 3 is 2.64 bits per heavy atom. The second-order valence-corrected chi connectivity index (χ2v) is 10.9. The van der Waals surface area contributed by atoms with Gasteiger partial charge in [-0.3, -0.25) is 14.3 Å². The molecule has 1 saturated carbocycles. The largest absolute Gasteiger partial charge is 0.423 e. The van der Waals surface area contributed by atoms with Crippen LogP contribution in [0.2, 0.25) is 10.0 Å². The third kappa shape index (κ3) is 3.80. The monoisotopic (exact) mass is 528 g/mol. The van der Waals surface area contributed by atoms with Crippen LogP contribution in [0.4, 0.5) is 0 Å². The van der Waals surface area contributed by atoms with Gasteiger partial charge in [-0.1, -0.05) is 23.2 Å². The number of benzene rings is 1. The highest BCUT2D eigenvalue weighted by atomic mass is 35.5. The first-order chi connectivity index (χ1) is 17.2. The Bertz CT molecular complexity index is 1380. The number of hydrogen-bond acceptors (Lipinski definition) is 6. The molecule has 3 aromatic rings. The topological polar surface area (TPSA) is 97.4 Å². The van der Waals surface area contributed by atoms with Crippen molar-refractivity contribution in [3.8, 4) is 0 Å². The van der Waals surface area contributed by atoms with Crippen LogP contribution in [0.5, 0.6) is 0 Å². The first-order valence-electron chi connectivity index (χ1n) is 12.2. The molecule has 3 aliphatic rings. The van der Waals surface area contributed by atoms with Gasteiger partial charge in [-0.25, -0.2) is 0 Å². The molecule has 0 radical (unpaired) electrons. The lowest BCUT2D eigenvalue weighted by molar-refractivity contribution is 0.0546. The standard InChI is InChI=1S/C25H26Cl2N6O3/c1-12-8-20-17(11-31(12)24(34)16-6-7-18(26)19(27)9-16)21-25(35)32(10-13(2)33(21)30-20)14(3)22-28-29-23(36-22)15-4-5-15/h6-7,9,12-15H,4-5,8,10-11H2,1-3H3/t12-,13-,14-/m1/s1. The van der Waals surface area contributed by atoms with Crippen molar-refractivity contribution in [2.24, 2.45) is 0 Å². The van der Waals surface area contributed by atoms with Gasteiger partial charge in [0.15, 0.2) is 0 Å². The van der Waals surface area contributed by atoms with Crippen LogP contribution >= 0.6 is 23.2 Å². The van der Waals surface area contributed by atoms with Crippen LogP contribution < -0.4 is 0 Å². The third-order valence-electron chi connectivity index (χ3n) is 7.42. The molecule has 2 aliphatic heterocycles. The summed E-state index contributed by atoms with van der Waals surface area (Å²) in [6.07, 6.45) is 2.69. The predicted molar refractivity (Wildman–Crippen MR) is 132 cm³/mol. The highest BCUT2D eigenvalue weighted by Crippen LogP contribution is 2.40. The molecule has 4 heterocycles. The van der Waals surface area contributed by atoms with Crippen LogP contribution in [0.3, 0.4) is 0 Å². The number of halogens is 2. The van der Waals surface area contributed by atoms with Gasteiger partial charge in [-0.05, 0) is 51.8 Å². The SMILES string of the molecule is C[C@@H]1Cc2nn3c(c2CN1C(=O)c1ccc(Cl)c(Cl)c1)C(=O)N([C@H](C)c1nnc(C2CC2)o1)C[C@H]3C. The highest BCUT2D eigenvalue weighted by molar-refractivity contribution is 6.42. The summed E-state index contributed by atoms with van der Waals surface area (Å²) in [4.78, 5) is 30.8. The van der Waals surface area contributed by atoms with E-state index in [0.717, 1.165) is 24.1 Å². The van der Waals surface area contributed by atoms with Crippen LogP contribution in [-0.2, 0) is 13.0 Å². The Balaban J connectivity index is 1.31. The van der Waals surface area contributed by atoms with Gasteiger partial charge in [0.1, 0.15) is 11.7 Å². The van der Waals surface area contributed by atoms with Crippen molar-refractivity contribution in [2.75, 3.05) is 6.54 Å². The zero-order chi connectivity index (χ0) is 25.3. The third-order valence-corrected chi connectivity index (χ3v) is 8.16. The molecule has 2 amide bonds. The Hall–Kier alpha value is -2.91. The summed E-state index contributed by atoms with van der Waals surface area (Å²) in [5, 5.41) is 13.9. The molecule has 1 fully saturated rings. The summed E-state index contributed by atoms with van der Waals surface area (Å²) < 4.78 is 7.73. The first kappa shape index (κ1) is 23.5. The van der Waals surface area contributed by atoms with Gasteiger partial charge < -0.3 is 14.2 Å². The Kier molecular flexibility index (Phi) is 5.60. The van der Waals surface area contributed by atoms with Crippen molar-refractivity contribution in [2.45, 2.75) is 70.6 Å². The number of nitrogens with zero attached hydrogens (tertiary/aromatic N) is 6. The summed E-state index contributed by atoms with van der Waals surface area (Å²) in [7, 11) is 0. The smallest absolute Gasteiger partial charge is 0.273 e. The summed E-state index contributed by atoms with van der Waals surface area (Å²) in [6, 6.07) is 4.38. The van der Waals surface area contributed by atoms with Gasteiger partial charge >= 0.3 is 0 Å². The minimum atomic E-state index is -0.365. The van der Waals surface area contributed by atoms with Crippen LogP contribution in [0.15, 0.2) is 22.6 Å². The molecule has 36 heavy (non-hydrogen) atoms. The number of carbonyl (C=O) groups is 2. The molecule has 0 N–H and O–H groups in total. The van der Waals surface area contributed by atoms with E-state index in [9.17, 15) is 9.59 Å². The van der Waals surface area contributed by atoms with Crippen molar-refractivity contribution < 1.29 is 14.0 Å². The molecule has 3 atom stereocenters. The number of aromatic nitrogens is 4. The van der Waals surface area contributed by atoms with E-state index in [-0.39, 0.29) is 36.5 Å². The second-order valence-electron chi connectivity index (χ2n) is 10.1.